The Labute approximate surface area is 160 Å². The van der Waals surface area contributed by atoms with Crippen molar-refractivity contribution in [3.8, 4) is 11.3 Å². The number of nitrogens with one attached hydrogen (secondary N) is 2. The van der Waals surface area contributed by atoms with Gasteiger partial charge in [-0.25, -0.2) is 18.4 Å². The lowest BCUT2D eigenvalue weighted by molar-refractivity contribution is 0.607. The third-order valence-electron chi connectivity index (χ3n) is 3.90. The van der Waals surface area contributed by atoms with E-state index in [1.54, 1.807) is 41.9 Å². The van der Waals surface area contributed by atoms with Crippen LogP contribution in [0.15, 0.2) is 60.4 Å². The van der Waals surface area contributed by atoms with Crippen LogP contribution in [0.4, 0.5) is 11.5 Å². The molecule has 0 fully saturated rings. The van der Waals surface area contributed by atoms with E-state index in [2.05, 4.69) is 26.1 Å². The summed E-state index contributed by atoms with van der Waals surface area (Å²) >= 11 is 1.68. The minimum atomic E-state index is -3.33. The Bertz CT molecular complexity index is 1180. The lowest BCUT2D eigenvalue weighted by atomic mass is 10.1. The predicted molar refractivity (Wildman–Crippen MR) is 109 cm³/mol. The lowest BCUT2D eigenvalue weighted by Crippen LogP contribution is -2.09. The molecule has 4 rings (SSSR count). The van der Waals surface area contributed by atoms with Crippen molar-refractivity contribution < 1.29 is 8.42 Å². The van der Waals surface area contributed by atoms with Crippen molar-refractivity contribution in [3.63, 3.8) is 0 Å². The number of fused-ring (bicyclic) bond motifs is 1. The van der Waals surface area contributed by atoms with E-state index in [0.29, 0.717) is 23.7 Å². The SMILES string of the molecule is CS(=O)(=O)Nc1cccc(-c2cnc3c(NCc4cccs4)nccn23)c1. The van der Waals surface area contributed by atoms with Gasteiger partial charge >= 0.3 is 0 Å². The van der Waals surface area contributed by atoms with E-state index in [1.165, 1.54) is 4.88 Å². The first-order chi connectivity index (χ1) is 13.0. The first kappa shape index (κ1) is 17.5. The molecule has 0 atom stereocenters. The van der Waals surface area contributed by atoms with Crippen LogP contribution in [0.5, 0.6) is 0 Å². The quantitative estimate of drug-likeness (QED) is 0.518. The average molecular weight is 400 g/mol. The second kappa shape index (κ2) is 7.01. The summed E-state index contributed by atoms with van der Waals surface area (Å²) in [4.78, 5) is 10.1. The first-order valence-corrected chi connectivity index (χ1v) is 10.9. The highest BCUT2D eigenvalue weighted by molar-refractivity contribution is 7.92. The second-order valence-corrected chi connectivity index (χ2v) is 8.78. The van der Waals surface area contributed by atoms with Crippen LogP contribution in [0.3, 0.4) is 0 Å². The van der Waals surface area contributed by atoms with E-state index in [1.807, 2.05) is 28.1 Å². The van der Waals surface area contributed by atoms with E-state index in [9.17, 15) is 8.42 Å². The topological polar surface area (TPSA) is 88.4 Å². The number of aromatic nitrogens is 3. The molecule has 1 aromatic carbocycles. The number of imidazole rings is 1. The fourth-order valence-corrected chi connectivity index (χ4v) is 4.00. The van der Waals surface area contributed by atoms with Crippen LogP contribution in [0, 0.1) is 0 Å². The standard InChI is InChI=1S/C18H17N5O2S2/c1-27(24,25)22-14-5-2-4-13(10-14)16-12-21-18-17(19-7-8-23(16)18)20-11-15-6-3-9-26-15/h2-10,12,22H,11H2,1H3,(H,19,20). The van der Waals surface area contributed by atoms with Gasteiger partial charge < -0.3 is 5.32 Å². The van der Waals surface area contributed by atoms with E-state index >= 15 is 0 Å². The summed E-state index contributed by atoms with van der Waals surface area (Å²) in [7, 11) is -3.33. The smallest absolute Gasteiger partial charge is 0.229 e. The van der Waals surface area contributed by atoms with Gasteiger partial charge in [0.1, 0.15) is 0 Å². The normalized spacial score (nSPS) is 11.6. The van der Waals surface area contributed by atoms with Gasteiger partial charge in [0, 0.05) is 28.5 Å². The van der Waals surface area contributed by atoms with Crippen LogP contribution in [-0.4, -0.2) is 29.0 Å². The highest BCUT2D eigenvalue weighted by atomic mass is 32.2. The molecule has 0 saturated carbocycles. The van der Waals surface area contributed by atoms with Gasteiger partial charge in [0.15, 0.2) is 11.5 Å². The zero-order chi connectivity index (χ0) is 18.9. The number of rotatable bonds is 6. The van der Waals surface area contributed by atoms with E-state index in [0.717, 1.165) is 17.5 Å². The van der Waals surface area contributed by atoms with Crippen molar-refractivity contribution in [2.24, 2.45) is 0 Å². The van der Waals surface area contributed by atoms with Crippen LogP contribution in [0.1, 0.15) is 4.88 Å². The van der Waals surface area contributed by atoms with Gasteiger partial charge in [-0.3, -0.25) is 9.12 Å². The maximum atomic E-state index is 11.5. The molecule has 2 N–H and O–H groups in total. The molecule has 9 heteroatoms. The van der Waals surface area contributed by atoms with Gasteiger partial charge in [-0.1, -0.05) is 18.2 Å². The van der Waals surface area contributed by atoms with Gasteiger partial charge in [-0.2, -0.15) is 0 Å². The molecule has 3 aromatic heterocycles. The molecule has 0 aliphatic heterocycles. The third kappa shape index (κ3) is 3.93. The van der Waals surface area contributed by atoms with E-state index in [4.69, 9.17) is 0 Å². The van der Waals surface area contributed by atoms with Crippen LogP contribution < -0.4 is 10.0 Å². The molecule has 3 heterocycles. The van der Waals surface area contributed by atoms with Crippen molar-refractivity contribution in [1.82, 2.24) is 14.4 Å². The summed E-state index contributed by atoms with van der Waals surface area (Å²) in [6.07, 6.45) is 6.44. The molecule has 4 aromatic rings. The van der Waals surface area contributed by atoms with Crippen LogP contribution in [0.2, 0.25) is 0 Å². The average Bonchev–Trinajstić information content (AvgIpc) is 3.28. The number of hydrogen-bond donors (Lipinski definition) is 2. The Morgan fingerprint density at radius 3 is 2.85 bits per heavy atom. The fraction of sp³-hybridized carbons (Fsp3) is 0.111. The molecule has 0 saturated heterocycles. The third-order valence-corrected chi connectivity index (χ3v) is 5.38. The largest absolute Gasteiger partial charge is 0.362 e. The fourth-order valence-electron chi connectivity index (χ4n) is 2.80. The van der Waals surface area contributed by atoms with Gasteiger partial charge in [0.25, 0.3) is 0 Å². The van der Waals surface area contributed by atoms with Gasteiger partial charge in [-0.15, -0.1) is 11.3 Å². The highest BCUT2D eigenvalue weighted by Gasteiger charge is 2.11. The summed E-state index contributed by atoms with van der Waals surface area (Å²) in [5.74, 6) is 0.697. The molecule has 0 bridgehead atoms. The lowest BCUT2D eigenvalue weighted by Gasteiger charge is -2.08. The Balaban J connectivity index is 1.67. The molecule has 138 valence electrons. The number of thiophene rings is 1. The second-order valence-electron chi connectivity index (χ2n) is 6.00. The highest BCUT2D eigenvalue weighted by Crippen LogP contribution is 2.26. The first-order valence-electron chi connectivity index (χ1n) is 8.16. The van der Waals surface area contributed by atoms with E-state index in [-0.39, 0.29) is 0 Å². The number of hydrogen-bond acceptors (Lipinski definition) is 6. The molecular formula is C18H17N5O2S2. The minimum absolute atomic E-state index is 0.509. The van der Waals surface area contributed by atoms with Gasteiger partial charge in [-0.05, 0) is 23.6 Å². The summed E-state index contributed by atoms with van der Waals surface area (Å²) < 4.78 is 27.4. The Morgan fingerprint density at radius 2 is 2.07 bits per heavy atom. The molecule has 0 radical (unpaired) electrons. The number of benzene rings is 1. The zero-order valence-corrected chi connectivity index (χ0v) is 16.1. The molecule has 0 spiro atoms. The number of sulfonamides is 1. The Hall–Kier alpha value is -2.91. The Morgan fingerprint density at radius 1 is 1.19 bits per heavy atom. The number of anilines is 2. The van der Waals surface area contributed by atoms with Crippen LogP contribution in [0.25, 0.3) is 16.9 Å². The van der Waals surface area contributed by atoms with Crippen LogP contribution in [-0.2, 0) is 16.6 Å². The van der Waals surface area contributed by atoms with Gasteiger partial charge in [0.2, 0.25) is 10.0 Å². The maximum Gasteiger partial charge on any atom is 0.229 e. The summed E-state index contributed by atoms with van der Waals surface area (Å²) in [5.41, 5.74) is 2.93. The molecule has 0 amide bonds. The molecule has 7 nitrogen and oxygen atoms in total. The Kier molecular flexibility index (Phi) is 4.54. The molecular weight excluding hydrogens is 382 g/mol. The monoisotopic (exact) mass is 399 g/mol. The van der Waals surface area contributed by atoms with Crippen molar-refractivity contribution >= 4 is 38.5 Å². The summed E-state index contributed by atoms with van der Waals surface area (Å²) in [6.45, 7) is 0.681. The van der Waals surface area contributed by atoms with Crippen molar-refractivity contribution in [1.29, 1.82) is 0 Å². The zero-order valence-electron chi connectivity index (χ0n) is 14.5. The molecule has 0 aliphatic rings. The van der Waals surface area contributed by atoms with Crippen LogP contribution >= 0.6 is 11.3 Å². The van der Waals surface area contributed by atoms with Gasteiger partial charge in [0.05, 0.1) is 24.7 Å². The van der Waals surface area contributed by atoms with Crippen molar-refractivity contribution in [2.75, 3.05) is 16.3 Å². The minimum Gasteiger partial charge on any atom is -0.362 e. The molecule has 0 unspecified atom stereocenters. The molecule has 0 aliphatic carbocycles. The van der Waals surface area contributed by atoms with Crippen molar-refractivity contribution in [3.05, 3.63) is 65.2 Å². The van der Waals surface area contributed by atoms with Crippen molar-refractivity contribution in [2.45, 2.75) is 6.54 Å². The maximum absolute atomic E-state index is 11.5. The summed E-state index contributed by atoms with van der Waals surface area (Å²) in [5, 5.41) is 5.36. The number of nitrogens with zero attached hydrogens (tertiary/aromatic N) is 3. The van der Waals surface area contributed by atoms with E-state index < -0.39 is 10.0 Å². The summed E-state index contributed by atoms with van der Waals surface area (Å²) in [6, 6.07) is 11.3. The molecule has 27 heavy (non-hydrogen) atoms. The predicted octanol–water partition coefficient (Wildman–Crippen LogP) is 3.44.